The van der Waals surface area contributed by atoms with Gasteiger partial charge in [0.2, 0.25) is 0 Å². The van der Waals surface area contributed by atoms with Gasteiger partial charge in [0.25, 0.3) is 0 Å². The summed E-state index contributed by atoms with van der Waals surface area (Å²) in [6, 6.07) is -0.0521. The summed E-state index contributed by atoms with van der Waals surface area (Å²) in [7, 11) is 1.38. The number of nitrogens with one attached hydrogen (secondary N) is 2. The summed E-state index contributed by atoms with van der Waals surface area (Å²) in [6.45, 7) is 5.79. The molecule has 7 nitrogen and oxygen atoms in total. The minimum atomic E-state index is -0.303. The van der Waals surface area contributed by atoms with Gasteiger partial charge in [0, 0.05) is 37.0 Å². The first-order valence-corrected chi connectivity index (χ1v) is 8.61. The molecule has 3 amide bonds. The number of amides is 3. The number of methoxy groups -OCH3 is 1. The van der Waals surface area contributed by atoms with Crippen molar-refractivity contribution in [2.75, 3.05) is 26.7 Å². The zero-order valence-corrected chi connectivity index (χ0v) is 14.7. The normalized spacial score (nSPS) is 15.3. The number of nitrogens with zero attached hydrogens (tertiary/aromatic N) is 2. The summed E-state index contributed by atoms with van der Waals surface area (Å²) in [5.74, 6) is 0. The Bertz CT molecular complexity index is 553. The highest BCUT2D eigenvalue weighted by molar-refractivity contribution is 7.11. The molecule has 2 heterocycles. The van der Waals surface area contributed by atoms with Gasteiger partial charge in [-0.3, -0.25) is 0 Å². The average molecular weight is 340 g/mol. The minimum absolute atomic E-state index is 0.100. The van der Waals surface area contributed by atoms with E-state index in [-0.39, 0.29) is 18.2 Å². The fourth-order valence-corrected chi connectivity index (χ4v) is 3.60. The molecule has 0 unspecified atom stereocenters. The van der Waals surface area contributed by atoms with Crippen molar-refractivity contribution in [3.05, 3.63) is 15.6 Å². The lowest BCUT2D eigenvalue weighted by Gasteiger charge is -2.31. The van der Waals surface area contributed by atoms with E-state index in [9.17, 15) is 9.59 Å². The molecular formula is C15H24N4O3S. The fourth-order valence-electron chi connectivity index (χ4n) is 2.67. The van der Waals surface area contributed by atoms with Crippen LogP contribution in [0.15, 0.2) is 0 Å². The van der Waals surface area contributed by atoms with E-state index in [0.29, 0.717) is 19.6 Å². The first kappa shape index (κ1) is 17.5. The van der Waals surface area contributed by atoms with Gasteiger partial charge >= 0.3 is 12.1 Å². The van der Waals surface area contributed by atoms with Gasteiger partial charge in [-0.15, -0.1) is 11.3 Å². The third-order valence-electron chi connectivity index (χ3n) is 3.90. The molecule has 0 bridgehead atoms. The van der Waals surface area contributed by atoms with Gasteiger partial charge in [-0.1, -0.05) is 0 Å². The molecule has 2 N–H and O–H groups in total. The third-order valence-corrected chi connectivity index (χ3v) is 5.03. The molecule has 0 saturated carbocycles. The molecule has 1 aromatic rings. The van der Waals surface area contributed by atoms with Crippen molar-refractivity contribution in [1.82, 2.24) is 20.5 Å². The lowest BCUT2D eigenvalue weighted by Crippen LogP contribution is -2.49. The summed E-state index contributed by atoms with van der Waals surface area (Å²) < 4.78 is 4.70. The van der Waals surface area contributed by atoms with Gasteiger partial charge in [-0.2, -0.15) is 0 Å². The molecule has 0 atom stereocenters. The SMILES string of the molecule is COC(=O)N1CCC(NC(=O)NCCc2sc(C)nc2C)CC1. The van der Waals surface area contributed by atoms with E-state index < -0.39 is 0 Å². The first-order chi connectivity index (χ1) is 11.0. The molecule has 1 saturated heterocycles. The lowest BCUT2D eigenvalue weighted by molar-refractivity contribution is 0.110. The van der Waals surface area contributed by atoms with Gasteiger partial charge in [-0.05, 0) is 26.7 Å². The van der Waals surface area contributed by atoms with E-state index in [1.165, 1.54) is 12.0 Å². The molecule has 1 aliphatic heterocycles. The smallest absolute Gasteiger partial charge is 0.409 e. The van der Waals surface area contributed by atoms with Crippen LogP contribution in [0.3, 0.4) is 0 Å². The predicted molar refractivity (Wildman–Crippen MR) is 88.8 cm³/mol. The number of thiazole rings is 1. The average Bonchev–Trinajstić information content (AvgIpc) is 2.85. The van der Waals surface area contributed by atoms with Gasteiger partial charge in [0.1, 0.15) is 0 Å². The van der Waals surface area contributed by atoms with Crippen LogP contribution in [0.4, 0.5) is 9.59 Å². The molecule has 128 valence electrons. The summed E-state index contributed by atoms with van der Waals surface area (Å²) in [5.41, 5.74) is 1.05. The van der Waals surface area contributed by atoms with Crippen molar-refractivity contribution in [1.29, 1.82) is 0 Å². The van der Waals surface area contributed by atoms with Crippen molar-refractivity contribution in [3.8, 4) is 0 Å². The maximum Gasteiger partial charge on any atom is 0.409 e. The Balaban J connectivity index is 1.66. The zero-order chi connectivity index (χ0) is 16.8. The second-order valence-corrected chi connectivity index (χ2v) is 6.91. The number of hydrogen-bond acceptors (Lipinski definition) is 5. The number of carbonyl (C=O) groups is 2. The number of urea groups is 1. The number of hydrogen-bond donors (Lipinski definition) is 2. The van der Waals surface area contributed by atoms with Crippen molar-refractivity contribution in [3.63, 3.8) is 0 Å². The second-order valence-electron chi connectivity index (χ2n) is 5.62. The molecule has 1 fully saturated rings. The minimum Gasteiger partial charge on any atom is -0.453 e. The van der Waals surface area contributed by atoms with Gasteiger partial charge < -0.3 is 20.3 Å². The fraction of sp³-hybridized carbons (Fsp3) is 0.667. The Labute approximate surface area is 140 Å². The lowest BCUT2D eigenvalue weighted by atomic mass is 10.1. The first-order valence-electron chi connectivity index (χ1n) is 7.79. The molecule has 8 heteroatoms. The summed E-state index contributed by atoms with van der Waals surface area (Å²) in [4.78, 5) is 30.6. The number of likely N-dealkylation sites (tertiary alicyclic amines) is 1. The van der Waals surface area contributed by atoms with Crippen LogP contribution in [0.2, 0.25) is 0 Å². The van der Waals surface area contributed by atoms with E-state index in [1.807, 2.05) is 13.8 Å². The predicted octanol–water partition coefficient (Wildman–Crippen LogP) is 1.83. The van der Waals surface area contributed by atoms with E-state index >= 15 is 0 Å². The highest BCUT2D eigenvalue weighted by Crippen LogP contribution is 2.17. The van der Waals surface area contributed by atoms with E-state index in [0.717, 1.165) is 30.0 Å². The molecule has 0 spiro atoms. The summed E-state index contributed by atoms with van der Waals surface area (Å²) in [5, 5.41) is 6.90. The maximum absolute atomic E-state index is 11.9. The zero-order valence-electron chi connectivity index (χ0n) is 13.8. The van der Waals surface area contributed by atoms with E-state index in [4.69, 9.17) is 4.74 Å². The van der Waals surface area contributed by atoms with Crippen molar-refractivity contribution in [2.24, 2.45) is 0 Å². The molecule has 23 heavy (non-hydrogen) atoms. The topological polar surface area (TPSA) is 83.6 Å². The molecule has 0 radical (unpaired) electrons. The van der Waals surface area contributed by atoms with Crippen LogP contribution in [-0.4, -0.2) is 54.8 Å². The number of aromatic nitrogens is 1. The maximum atomic E-state index is 11.9. The van der Waals surface area contributed by atoms with Gasteiger partial charge in [0.15, 0.2) is 0 Å². The Morgan fingerprint density at radius 1 is 1.35 bits per heavy atom. The van der Waals surface area contributed by atoms with Crippen molar-refractivity contribution < 1.29 is 14.3 Å². The Hall–Kier alpha value is -1.83. The summed E-state index contributed by atoms with van der Waals surface area (Å²) in [6.07, 6.45) is 1.99. The van der Waals surface area contributed by atoms with Crippen LogP contribution in [0, 0.1) is 13.8 Å². The van der Waals surface area contributed by atoms with Crippen LogP contribution in [0.25, 0.3) is 0 Å². The number of ether oxygens (including phenoxy) is 1. The van der Waals surface area contributed by atoms with Crippen LogP contribution in [0.1, 0.15) is 28.4 Å². The largest absolute Gasteiger partial charge is 0.453 e. The molecule has 0 aromatic carbocycles. The Morgan fingerprint density at radius 2 is 2.04 bits per heavy atom. The molecule has 0 aliphatic carbocycles. The van der Waals surface area contributed by atoms with Gasteiger partial charge in [0.05, 0.1) is 17.8 Å². The molecule has 1 aliphatic rings. The number of rotatable bonds is 4. The van der Waals surface area contributed by atoms with Crippen molar-refractivity contribution >= 4 is 23.5 Å². The van der Waals surface area contributed by atoms with E-state index in [2.05, 4.69) is 15.6 Å². The number of aryl methyl sites for hydroxylation is 2. The van der Waals surface area contributed by atoms with Crippen LogP contribution >= 0.6 is 11.3 Å². The third kappa shape index (κ3) is 5.09. The molecule has 1 aromatic heterocycles. The highest BCUT2D eigenvalue weighted by atomic mass is 32.1. The molecular weight excluding hydrogens is 316 g/mol. The van der Waals surface area contributed by atoms with Gasteiger partial charge in [-0.25, -0.2) is 14.6 Å². The van der Waals surface area contributed by atoms with Crippen molar-refractivity contribution in [2.45, 2.75) is 39.2 Å². The van der Waals surface area contributed by atoms with Crippen LogP contribution < -0.4 is 10.6 Å². The van der Waals surface area contributed by atoms with Crippen LogP contribution in [0.5, 0.6) is 0 Å². The summed E-state index contributed by atoms with van der Waals surface area (Å²) >= 11 is 1.67. The highest BCUT2D eigenvalue weighted by Gasteiger charge is 2.24. The van der Waals surface area contributed by atoms with E-state index in [1.54, 1.807) is 16.2 Å². The Morgan fingerprint density at radius 3 is 2.61 bits per heavy atom. The number of piperidine rings is 1. The standard InChI is InChI=1S/C15H24N4O3S/c1-10-13(23-11(2)17-10)4-7-16-14(20)18-12-5-8-19(9-6-12)15(21)22-3/h12H,4-9H2,1-3H3,(H2,16,18,20). The monoisotopic (exact) mass is 340 g/mol. The van der Waals surface area contributed by atoms with Crippen LogP contribution in [-0.2, 0) is 11.2 Å². The number of carbonyl (C=O) groups excluding carboxylic acids is 2. The second kappa shape index (κ2) is 8.14. The quantitative estimate of drug-likeness (QED) is 0.876. The Kier molecular flexibility index (Phi) is 6.20. The molecule has 2 rings (SSSR count).